The van der Waals surface area contributed by atoms with E-state index in [0.717, 1.165) is 12.8 Å². The molecule has 1 aromatic carbocycles. The van der Waals surface area contributed by atoms with Gasteiger partial charge in [0.15, 0.2) is 5.78 Å². The number of nitrogens with one attached hydrogen (secondary N) is 1. The molecule has 2 aliphatic carbocycles. The SMILES string of the molecule is COc1ccc2nc(C(C)C)c(O[C@@H]3C[C@H]4C(=O)C[C@]5(C(=O)NS(=O)(=O)C6CC6)C[C@H]5/C=C\CC[C@@H](C)C[C@@H](C)[C@H](CC(=O)OC(C)(C)C)C(=O)N4C3)nc2c1. The Labute approximate surface area is 330 Å². The summed E-state index contributed by atoms with van der Waals surface area (Å²) in [6, 6.07) is 4.42. The van der Waals surface area contributed by atoms with Crippen LogP contribution in [0, 0.1) is 29.1 Å². The molecule has 13 nitrogen and oxygen atoms in total. The van der Waals surface area contributed by atoms with Gasteiger partial charge in [-0.1, -0.05) is 39.8 Å². The smallest absolute Gasteiger partial charge is 0.307 e. The van der Waals surface area contributed by atoms with Crippen LogP contribution in [-0.4, -0.2) is 83.5 Å². The van der Waals surface area contributed by atoms with E-state index in [4.69, 9.17) is 24.2 Å². The third-order valence-electron chi connectivity index (χ3n) is 11.7. The van der Waals surface area contributed by atoms with Crippen LogP contribution < -0.4 is 14.2 Å². The molecule has 3 heterocycles. The van der Waals surface area contributed by atoms with Gasteiger partial charge in [0, 0.05) is 24.8 Å². The number of carbonyl (C=O) groups is 4. The summed E-state index contributed by atoms with van der Waals surface area (Å²) in [7, 11) is -2.29. The van der Waals surface area contributed by atoms with Crippen molar-refractivity contribution in [2.24, 2.45) is 29.1 Å². The number of carbonyl (C=O) groups excluding carboxylic acids is 4. The first-order valence-electron chi connectivity index (χ1n) is 20.1. The van der Waals surface area contributed by atoms with E-state index in [1.807, 2.05) is 45.1 Å². The van der Waals surface area contributed by atoms with E-state index in [9.17, 15) is 27.6 Å². The van der Waals surface area contributed by atoms with Crippen molar-refractivity contribution < 1.29 is 41.8 Å². The Bertz CT molecular complexity index is 1990. The molecule has 2 saturated carbocycles. The van der Waals surface area contributed by atoms with Crippen molar-refractivity contribution in [2.75, 3.05) is 13.7 Å². The number of hydrogen-bond acceptors (Lipinski definition) is 11. The number of Topliss-reactive ketones (excluding diaryl/α,β-unsaturated/α-hetero) is 1. The maximum absolute atomic E-state index is 14.9. The van der Waals surface area contributed by atoms with Crippen LogP contribution in [0.2, 0.25) is 0 Å². The van der Waals surface area contributed by atoms with Gasteiger partial charge >= 0.3 is 5.97 Å². The van der Waals surface area contributed by atoms with Gasteiger partial charge in [0.05, 0.1) is 53.7 Å². The van der Waals surface area contributed by atoms with Crippen LogP contribution >= 0.6 is 0 Å². The normalized spacial score (nSPS) is 29.5. The van der Waals surface area contributed by atoms with Gasteiger partial charge in [0.25, 0.3) is 0 Å². The highest BCUT2D eigenvalue weighted by Crippen LogP contribution is 2.57. The molecule has 1 saturated heterocycles. The number of ketones is 1. The summed E-state index contributed by atoms with van der Waals surface area (Å²) in [6.07, 6.45) is 6.51. The standard InChI is InChI=1S/C42H58N4O9S/c1-24(2)37-38(44-33-18-28(53-8)13-16-32(33)43-37)54-29-19-34-35(47)22-42(40(50)45-56(51,52)30-14-15-30)21-27(42)12-10-9-11-25(3)17-26(4)31(39(49)46(34)23-29)20-36(48)55-41(5,6)7/h10,12-13,16,18,24-27,29-31,34H,9,11,14-15,17,19-23H2,1-8H3,(H,45,50)/b12-10-/t25-,26-,27-,29-,31+,34+,42-/m1/s1. The minimum atomic E-state index is -3.86. The minimum Gasteiger partial charge on any atom is -0.497 e. The zero-order chi connectivity index (χ0) is 40.7. The fourth-order valence-corrected chi connectivity index (χ4v) is 9.71. The monoisotopic (exact) mass is 794 g/mol. The van der Waals surface area contributed by atoms with E-state index in [0.29, 0.717) is 48.2 Å². The molecule has 1 N–H and O–H groups in total. The lowest BCUT2D eigenvalue weighted by Crippen LogP contribution is -2.47. The van der Waals surface area contributed by atoms with E-state index in [-0.39, 0.29) is 67.0 Å². The third-order valence-corrected chi connectivity index (χ3v) is 13.5. The van der Waals surface area contributed by atoms with Crippen LogP contribution in [0.15, 0.2) is 30.4 Å². The van der Waals surface area contributed by atoms with Crippen molar-refractivity contribution in [3.8, 4) is 11.6 Å². The van der Waals surface area contributed by atoms with Crippen LogP contribution in [0.4, 0.5) is 0 Å². The summed E-state index contributed by atoms with van der Waals surface area (Å²) in [5.74, 6) is -2.17. The van der Waals surface area contributed by atoms with Crippen molar-refractivity contribution in [1.29, 1.82) is 0 Å². The van der Waals surface area contributed by atoms with Gasteiger partial charge in [0.2, 0.25) is 27.7 Å². The van der Waals surface area contributed by atoms with Crippen molar-refractivity contribution in [2.45, 2.75) is 135 Å². The Balaban J connectivity index is 1.37. The number of benzene rings is 1. The maximum atomic E-state index is 14.9. The Morgan fingerprint density at radius 3 is 2.45 bits per heavy atom. The summed E-state index contributed by atoms with van der Waals surface area (Å²) in [5.41, 5.74) is -0.164. The van der Waals surface area contributed by atoms with E-state index in [1.165, 1.54) is 4.90 Å². The molecule has 6 rings (SSSR count). The fourth-order valence-electron chi connectivity index (χ4n) is 8.33. The topological polar surface area (TPSA) is 171 Å². The highest BCUT2D eigenvalue weighted by molar-refractivity contribution is 7.90. The molecule has 7 atom stereocenters. The number of rotatable bonds is 9. The first kappa shape index (κ1) is 41.6. The second kappa shape index (κ2) is 16.1. The largest absolute Gasteiger partial charge is 0.497 e. The summed E-state index contributed by atoms with van der Waals surface area (Å²) < 4.78 is 45.9. The fraction of sp³-hybridized carbons (Fsp3) is 0.667. The van der Waals surface area contributed by atoms with Gasteiger partial charge < -0.3 is 19.1 Å². The molecular formula is C42H58N4O9S. The molecule has 2 aliphatic heterocycles. The van der Waals surface area contributed by atoms with Crippen LogP contribution in [0.3, 0.4) is 0 Å². The predicted octanol–water partition coefficient (Wildman–Crippen LogP) is 6.04. The highest BCUT2D eigenvalue weighted by Gasteiger charge is 2.61. The molecule has 2 aromatic rings. The Kier molecular flexibility index (Phi) is 11.9. The van der Waals surface area contributed by atoms with Crippen LogP contribution in [0.25, 0.3) is 11.0 Å². The summed E-state index contributed by atoms with van der Waals surface area (Å²) in [5, 5.41) is -0.602. The number of allylic oxidation sites excluding steroid dienone is 2. The van der Waals surface area contributed by atoms with Crippen LogP contribution in [0.1, 0.15) is 118 Å². The molecule has 3 fully saturated rings. The molecule has 0 spiro atoms. The van der Waals surface area contributed by atoms with Gasteiger partial charge in [-0.15, -0.1) is 0 Å². The number of esters is 1. The van der Waals surface area contributed by atoms with E-state index >= 15 is 0 Å². The van der Waals surface area contributed by atoms with Crippen LogP contribution in [-0.2, 0) is 33.9 Å². The quantitative estimate of drug-likeness (QED) is 0.232. The molecule has 0 radical (unpaired) electrons. The highest BCUT2D eigenvalue weighted by atomic mass is 32.2. The lowest BCUT2D eigenvalue weighted by molar-refractivity contribution is -0.160. The lowest BCUT2D eigenvalue weighted by atomic mass is 9.82. The molecule has 0 bridgehead atoms. The number of sulfonamides is 1. The maximum Gasteiger partial charge on any atom is 0.307 e. The van der Waals surface area contributed by atoms with Gasteiger partial charge in [-0.05, 0) is 89.2 Å². The average molecular weight is 795 g/mol. The molecular weight excluding hydrogens is 737 g/mol. The molecule has 0 unspecified atom stereocenters. The number of methoxy groups -OCH3 is 1. The number of aromatic nitrogens is 2. The first-order chi connectivity index (χ1) is 26.3. The van der Waals surface area contributed by atoms with Gasteiger partial charge in [-0.3, -0.25) is 23.9 Å². The number of amides is 2. The Hall–Kier alpha value is -4.07. The molecule has 4 aliphatic rings. The van der Waals surface area contributed by atoms with E-state index in [1.54, 1.807) is 33.9 Å². The van der Waals surface area contributed by atoms with Gasteiger partial charge in [-0.2, -0.15) is 0 Å². The summed E-state index contributed by atoms with van der Waals surface area (Å²) >= 11 is 0. The van der Waals surface area contributed by atoms with Gasteiger partial charge in [-0.25, -0.2) is 18.4 Å². The molecule has 2 amide bonds. The summed E-state index contributed by atoms with van der Waals surface area (Å²) in [6.45, 7) is 13.4. The number of hydrogen-bond donors (Lipinski definition) is 1. The Morgan fingerprint density at radius 2 is 1.79 bits per heavy atom. The zero-order valence-electron chi connectivity index (χ0n) is 34.0. The van der Waals surface area contributed by atoms with E-state index in [2.05, 4.69) is 11.6 Å². The molecule has 1 aromatic heterocycles. The molecule has 14 heteroatoms. The zero-order valence-corrected chi connectivity index (χ0v) is 34.8. The van der Waals surface area contributed by atoms with Crippen molar-refractivity contribution in [3.63, 3.8) is 0 Å². The third kappa shape index (κ3) is 9.37. The number of ether oxygens (including phenoxy) is 3. The average Bonchev–Trinajstić information content (AvgIpc) is 4.04. The minimum absolute atomic E-state index is 0.0380. The van der Waals surface area contributed by atoms with E-state index < -0.39 is 56.2 Å². The summed E-state index contributed by atoms with van der Waals surface area (Å²) in [4.78, 5) is 68.0. The second-order valence-corrected chi connectivity index (χ2v) is 19.9. The van der Waals surface area contributed by atoms with Crippen molar-refractivity contribution in [1.82, 2.24) is 19.6 Å². The Morgan fingerprint density at radius 1 is 1.05 bits per heavy atom. The second-order valence-electron chi connectivity index (χ2n) is 17.9. The lowest BCUT2D eigenvalue weighted by Gasteiger charge is -2.32. The van der Waals surface area contributed by atoms with Crippen molar-refractivity contribution in [3.05, 3.63) is 36.0 Å². The number of nitrogens with zero attached hydrogens (tertiary/aromatic N) is 3. The predicted molar refractivity (Wildman–Crippen MR) is 210 cm³/mol. The molecule has 56 heavy (non-hydrogen) atoms. The molecule has 306 valence electrons. The number of fused-ring (bicyclic) bond motifs is 3. The van der Waals surface area contributed by atoms with Crippen molar-refractivity contribution >= 4 is 44.6 Å². The van der Waals surface area contributed by atoms with Crippen LogP contribution in [0.5, 0.6) is 11.6 Å². The van der Waals surface area contributed by atoms with Gasteiger partial charge in [0.1, 0.15) is 23.1 Å². The first-order valence-corrected chi connectivity index (χ1v) is 21.6.